The van der Waals surface area contributed by atoms with Crippen LogP contribution >= 0.6 is 0 Å². The van der Waals surface area contributed by atoms with E-state index in [9.17, 15) is 13.2 Å². The fourth-order valence-corrected chi connectivity index (χ4v) is 3.61. The molecule has 0 atom stereocenters. The number of hydrogen-bond acceptors (Lipinski definition) is 5. The standard InChI is InChI=1S/C11H17N3O5S/c15-8-9-1-3-14(4-2-9)20(18,19)10-5-12-13(6-10)7-11(16)17/h5-6,9,15H,1-4,7-8H2,(H,16,17). The predicted octanol–water partition coefficient (Wildman–Crippen LogP) is -0.639. The minimum absolute atomic E-state index is 0.00111. The highest BCUT2D eigenvalue weighted by atomic mass is 32.2. The minimum atomic E-state index is -3.63. The second kappa shape index (κ2) is 5.90. The molecule has 0 amide bonds. The Bertz CT molecular complexity index is 575. The first-order valence-corrected chi connectivity index (χ1v) is 7.72. The van der Waals surface area contributed by atoms with Gasteiger partial charge in [0.15, 0.2) is 0 Å². The number of sulfonamides is 1. The van der Waals surface area contributed by atoms with Crippen molar-refractivity contribution in [3.05, 3.63) is 12.4 Å². The van der Waals surface area contributed by atoms with Gasteiger partial charge in [0.25, 0.3) is 0 Å². The van der Waals surface area contributed by atoms with Crippen molar-refractivity contribution < 1.29 is 23.4 Å². The number of nitrogens with zero attached hydrogens (tertiary/aromatic N) is 3. The van der Waals surface area contributed by atoms with Gasteiger partial charge in [-0.1, -0.05) is 0 Å². The van der Waals surface area contributed by atoms with E-state index in [1.54, 1.807) is 0 Å². The molecule has 2 N–H and O–H groups in total. The molecule has 1 fully saturated rings. The lowest BCUT2D eigenvalue weighted by molar-refractivity contribution is -0.137. The van der Waals surface area contributed by atoms with Crippen molar-refractivity contribution in [3.8, 4) is 0 Å². The number of piperidine rings is 1. The molecule has 0 unspecified atom stereocenters. The number of carbonyl (C=O) groups is 1. The highest BCUT2D eigenvalue weighted by molar-refractivity contribution is 7.89. The predicted molar refractivity (Wildman–Crippen MR) is 68.4 cm³/mol. The maximum atomic E-state index is 12.3. The number of aliphatic carboxylic acids is 1. The van der Waals surface area contributed by atoms with E-state index in [0.717, 1.165) is 10.9 Å². The molecular weight excluding hydrogens is 286 g/mol. The van der Waals surface area contributed by atoms with Gasteiger partial charge in [0.2, 0.25) is 10.0 Å². The van der Waals surface area contributed by atoms with Crippen LogP contribution < -0.4 is 0 Å². The molecule has 0 aliphatic carbocycles. The number of aliphatic hydroxyl groups excluding tert-OH is 1. The molecule has 0 bridgehead atoms. The van der Waals surface area contributed by atoms with Gasteiger partial charge in [-0.3, -0.25) is 9.48 Å². The van der Waals surface area contributed by atoms with Gasteiger partial charge in [0.1, 0.15) is 11.4 Å². The van der Waals surface area contributed by atoms with Crippen LogP contribution in [0.1, 0.15) is 12.8 Å². The van der Waals surface area contributed by atoms with Gasteiger partial charge in [0.05, 0.1) is 6.20 Å². The molecular formula is C11H17N3O5S. The monoisotopic (exact) mass is 303 g/mol. The van der Waals surface area contributed by atoms with Crippen molar-refractivity contribution in [2.24, 2.45) is 5.92 Å². The Morgan fingerprint density at radius 3 is 2.60 bits per heavy atom. The summed E-state index contributed by atoms with van der Waals surface area (Å²) in [5.74, 6) is -0.933. The molecule has 2 heterocycles. The topological polar surface area (TPSA) is 113 Å². The highest BCUT2D eigenvalue weighted by Gasteiger charge is 2.30. The van der Waals surface area contributed by atoms with Gasteiger partial charge < -0.3 is 10.2 Å². The van der Waals surface area contributed by atoms with Crippen LogP contribution in [0.3, 0.4) is 0 Å². The van der Waals surface area contributed by atoms with E-state index in [0.29, 0.717) is 25.9 Å². The molecule has 112 valence electrons. The third kappa shape index (κ3) is 3.17. The summed E-state index contributed by atoms with van der Waals surface area (Å²) in [6, 6.07) is 0. The average Bonchev–Trinajstić information content (AvgIpc) is 2.87. The zero-order valence-electron chi connectivity index (χ0n) is 10.8. The van der Waals surface area contributed by atoms with E-state index in [1.165, 1.54) is 10.5 Å². The van der Waals surface area contributed by atoms with Gasteiger partial charge in [-0.25, -0.2) is 8.42 Å². The SMILES string of the molecule is O=C(O)Cn1cc(S(=O)(=O)N2CCC(CO)CC2)cn1. The molecule has 8 nitrogen and oxygen atoms in total. The number of aliphatic hydroxyl groups is 1. The summed E-state index contributed by atoms with van der Waals surface area (Å²) < 4.78 is 27.1. The van der Waals surface area contributed by atoms with Crippen molar-refractivity contribution in [2.45, 2.75) is 24.3 Å². The van der Waals surface area contributed by atoms with Crippen LogP contribution in [0, 0.1) is 5.92 Å². The average molecular weight is 303 g/mol. The molecule has 1 aliphatic rings. The Morgan fingerprint density at radius 2 is 2.05 bits per heavy atom. The summed E-state index contributed by atoms with van der Waals surface area (Å²) in [5, 5.41) is 21.4. The molecule has 1 aromatic rings. The van der Waals surface area contributed by atoms with E-state index in [4.69, 9.17) is 10.2 Å². The lowest BCUT2D eigenvalue weighted by atomic mass is 10.00. The number of aromatic nitrogens is 2. The first-order chi connectivity index (χ1) is 9.43. The van der Waals surface area contributed by atoms with E-state index in [1.807, 2.05) is 0 Å². The van der Waals surface area contributed by atoms with Gasteiger partial charge in [-0.2, -0.15) is 9.40 Å². The Morgan fingerprint density at radius 1 is 1.40 bits per heavy atom. The maximum Gasteiger partial charge on any atom is 0.325 e. The van der Waals surface area contributed by atoms with Crippen LogP contribution in [-0.2, 0) is 21.4 Å². The highest BCUT2D eigenvalue weighted by Crippen LogP contribution is 2.23. The summed E-state index contributed by atoms with van der Waals surface area (Å²) in [5.41, 5.74) is 0. The van der Waals surface area contributed by atoms with Gasteiger partial charge in [-0.05, 0) is 18.8 Å². The second-order valence-electron chi connectivity index (χ2n) is 4.80. The Labute approximate surface area is 116 Å². The number of hydrogen-bond donors (Lipinski definition) is 2. The molecule has 2 rings (SSSR count). The van der Waals surface area contributed by atoms with Crippen LogP contribution in [-0.4, -0.2) is 58.4 Å². The van der Waals surface area contributed by atoms with Gasteiger partial charge in [-0.15, -0.1) is 0 Å². The zero-order chi connectivity index (χ0) is 14.8. The first-order valence-electron chi connectivity index (χ1n) is 6.28. The normalized spacial score (nSPS) is 18.2. The van der Waals surface area contributed by atoms with Gasteiger partial charge in [0, 0.05) is 25.9 Å². The molecule has 0 radical (unpaired) electrons. The van der Waals surface area contributed by atoms with Crippen LogP contribution in [0.5, 0.6) is 0 Å². The molecule has 9 heteroatoms. The van der Waals surface area contributed by atoms with Crippen LogP contribution in [0.25, 0.3) is 0 Å². The Hall–Kier alpha value is -1.45. The molecule has 0 aromatic carbocycles. The first kappa shape index (κ1) is 14.9. The molecule has 1 aliphatic heterocycles. The maximum absolute atomic E-state index is 12.3. The number of carboxylic acids is 1. The number of rotatable bonds is 5. The van der Waals surface area contributed by atoms with Crippen molar-refractivity contribution in [1.82, 2.24) is 14.1 Å². The fourth-order valence-electron chi connectivity index (χ4n) is 2.18. The van der Waals surface area contributed by atoms with Crippen molar-refractivity contribution in [2.75, 3.05) is 19.7 Å². The summed E-state index contributed by atoms with van der Waals surface area (Å²) in [6.45, 7) is 0.419. The molecule has 0 saturated carbocycles. The van der Waals surface area contributed by atoms with E-state index in [2.05, 4.69) is 5.10 Å². The Balaban J connectivity index is 2.10. The third-order valence-corrected chi connectivity index (χ3v) is 5.23. The van der Waals surface area contributed by atoms with Crippen LogP contribution in [0.2, 0.25) is 0 Å². The zero-order valence-corrected chi connectivity index (χ0v) is 11.7. The molecule has 1 aromatic heterocycles. The molecule has 1 saturated heterocycles. The quantitative estimate of drug-likeness (QED) is 0.748. The lowest BCUT2D eigenvalue weighted by Crippen LogP contribution is -2.39. The van der Waals surface area contributed by atoms with Gasteiger partial charge >= 0.3 is 5.97 Å². The van der Waals surface area contributed by atoms with E-state index in [-0.39, 0.29) is 24.0 Å². The van der Waals surface area contributed by atoms with Crippen molar-refractivity contribution >= 4 is 16.0 Å². The Kier molecular flexibility index (Phi) is 4.41. The minimum Gasteiger partial charge on any atom is -0.480 e. The van der Waals surface area contributed by atoms with Crippen LogP contribution in [0.4, 0.5) is 0 Å². The number of carboxylic acid groups (broad SMARTS) is 1. The molecule has 0 spiro atoms. The third-order valence-electron chi connectivity index (χ3n) is 3.38. The summed E-state index contributed by atoms with van der Waals surface area (Å²) >= 11 is 0. The smallest absolute Gasteiger partial charge is 0.325 e. The largest absolute Gasteiger partial charge is 0.480 e. The fraction of sp³-hybridized carbons (Fsp3) is 0.636. The summed E-state index contributed by atoms with van der Waals surface area (Å²) in [7, 11) is -3.63. The van der Waals surface area contributed by atoms with Crippen molar-refractivity contribution in [3.63, 3.8) is 0 Å². The van der Waals surface area contributed by atoms with Crippen molar-refractivity contribution in [1.29, 1.82) is 0 Å². The van der Waals surface area contributed by atoms with Crippen LogP contribution in [0.15, 0.2) is 17.3 Å². The molecule has 20 heavy (non-hydrogen) atoms. The lowest BCUT2D eigenvalue weighted by Gasteiger charge is -2.29. The van der Waals surface area contributed by atoms with E-state index < -0.39 is 16.0 Å². The summed E-state index contributed by atoms with van der Waals surface area (Å²) in [6.07, 6.45) is 3.63. The van der Waals surface area contributed by atoms with E-state index >= 15 is 0 Å². The summed E-state index contributed by atoms with van der Waals surface area (Å²) in [4.78, 5) is 10.6. The second-order valence-corrected chi connectivity index (χ2v) is 6.74.